The summed E-state index contributed by atoms with van der Waals surface area (Å²) in [6.45, 7) is 0.389. The number of amides is 1. The Balaban J connectivity index is 1.98. The van der Waals surface area contributed by atoms with Crippen molar-refractivity contribution in [1.29, 1.82) is 0 Å². The highest BCUT2D eigenvalue weighted by atomic mass is 16.5. The second kappa shape index (κ2) is 5.07. The molecule has 1 N–H and O–H groups in total. The van der Waals surface area contributed by atoms with Crippen LogP contribution >= 0.6 is 0 Å². The summed E-state index contributed by atoms with van der Waals surface area (Å²) < 4.78 is 0.596. The number of nitrogens with one attached hydrogen (secondary N) is 1. The predicted molar refractivity (Wildman–Crippen MR) is 60.8 cm³/mol. The van der Waals surface area contributed by atoms with E-state index in [1.165, 1.54) is 18.5 Å². The molecule has 1 amide bonds. The highest BCUT2D eigenvalue weighted by molar-refractivity contribution is 5.93. The van der Waals surface area contributed by atoms with Gasteiger partial charge in [0.15, 0.2) is 12.4 Å². The zero-order chi connectivity index (χ0) is 12.1. The monoisotopic (exact) mass is 229 g/mol. The molecule has 0 atom stereocenters. The van der Waals surface area contributed by atoms with Crippen molar-refractivity contribution >= 4 is 5.91 Å². The first-order valence-electron chi connectivity index (χ1n) is 5.11. The normalized spacial score (nSPS) is 9.88. The summed E-state index contributed by atoms with van der Waals surface area (Å²) in [4.78, 5) is 15.6. The molecular weight excluding hydrogens is 218 g/mol. The number of carbonyl (C=O) groups excluding carboxylic acids is 1. The third-order valence-corrected chi connectivity index (χ3v) is 2.21. The molecule has 2 heterocycles. The highest BCUT2D eigenvalue weighted by Gasteiger charge is 2.07. The van der Waals surface area contributed by atoms with Gasteiger partial charge in [-0.3, -0.25) is 9.78 Å². The third kappa shape index (κ3) is 3.01. The van der Waals surface area contributed by atoms with Crippen LogP contribution in [-0.2, 0) is 6.54 Å². The first-order valence-corrected chi connectivity index (χ1v) is 5.11. The predicted octanol–water partition coefficient (Wildman–Crippen LogP) is 0.645. The van der Waals surface area contributed by atoms with E-state index in [1.54, 1.807) is 24.5 Å². The molecule has 0 radical (unpaired) electrons. The lowest BCUT2D eigenvalue weighted by atomic mass is 10.2. The Morgan fingerprint density at radius 3 is 3.00 bits per heavy atom. The minimum Gasteiger partial charge on any atom is -0.619 e. The fraction of sp³-hybridized carbons (Fsp3) is 0.0833. The van der Waals surface area contributed by atoms with Crippen LogP contribution in [0.1, 0.15) is 15.9 Å². The molecule has 0 aromatic carbocycles. The van der Waals surface area contributed by atoms with Gasteiger partial charge in [0.25, 0.3) is 5.91 Å². The molecule has 5 heteroatoms. The molecule has 0 spiro atoms. The van der Waals surface area contributed by atoms with Gasteiger partial charge < -0.3 is 10.5 Å². The second-order valence-electron chi connectivity index (χ2n) is 3.50. The van der Waals surface area contributed by atoms with E-state index >= 15 is 0 Å². The van der Waals surface area contributed by atoms with E-state index in [1.807, 2.05) is 6.07 Å². The second-order valence-corrected chi connectivity index (χ2v) is 3.50. The molecule has 0 saturated heterocycles. The zero-order valence-electron chi connectivity index (χ0n) is 9.04. The van der Waals surface area contributed by atoms with Crippen LogP contribution in [0.5, 0.6) is 0 Å². The molecule has 2 aromatic heterocycles. The van der Waals surface area contributed by atoms with Crippen molar-refractivity contribution < 1.29 is 9.52 Å². The minimum atomic E-state index is -0.279. The molecule has 0 bridgehead atoms. The van der Waals surface area contributed by atoms with Crippen molar-refractivity contribution in [2.24, 2.45) is 0 Å². The van der Waals surface area contributed by atoms with Gasteiger partial charge in [-0.15, -0.1) is 0 Å². The number of aromatic nitrogens is 2. The lowest BCUT2D eigenvalue weighted by Crippen LogP contribution is -2.29. The van der Waals surface area contributed by atoms with E-state index in [0.717, 1.165) is 5.56 Å². The lowest BCUT2D eigenvalue weighted by molar-refractivity contribution is -0.605. The molecule has 5 nitrogen and oxygen atoms in total. The number of carbonyl (C=O) groups is 1. The van der Waals surface area contributed by atoms with Crippen LogP contribution in [0.3, 0.4) is 0 Å². The first kappa shape index (κ1) is 11.1. The Kier molecular flexibility index (Phi) is 3.30. The maximum Gasteiger partial charge on any atom is 0.257 e. The summed E-state index contributed by atoms with van der Waals surface area (Å²) in [6.07, 6.45) is 5.92. The summed E-state index contributed by atoms with van der Waals surface area (Å²) in [7, 11) is 0. The van der Waals surface area contributed by atoms with Gasteiger partial charge in [-0.2, -0.15) is 4.73 Å². The van der Waals surface area contributed by atoms with Crippen molar-refractivity contribution in [1.82, 2.24) is 10.3 Å². The van der Waals surface area contributed by atoms with Crippen LogP contribution in [0.25, 0.3) is 0 Å². The van der Waals surface area contributed by atoms with Gasteiger partial charge in [0.2, 0.25) is 0 Å². The number of pyridine rings is 2. The summed E-state index contributed by atoms with van der Waals surface area (Å²) >= 11 is 0. The maximum absolute atomic E-state index is 11.7. The summed E-state index contributed by atoms with van der Waals surface area (Å²) in [5, 5.41) is 13.7. The fourth-order valence-corrected chi connectivity index (χ4v) is 1.38. The van der Waals surface area contributed by atoms with Gasteiger partial charge in [-0.25, -0.2) is 0 Å². The van der Waals surface area contributed by atoms with Crippen LogP contribution in [0.4, 0.5) is 0 Å². The lowest BCUT2D eigenvalue weighted by Gasteiger charge is -2.04. The summed E-state index contributed by atoms with van der Waals surface area (Å²) in [5.74, 6) is -0.279. The van der Waals surface area contributed by atoms with Gasteiger partial charge in [0.05, 0.1) is 0 Å². The van der Waals surface area contributed by atoms with Crippen LogP contribution in [0.2, 0.25) is 0 Å². The Morgan fingerprint density at radius 1 is 1.41 bits per heavy atom. The quantitative estimate of drug-likeness (QED) is 0.620. The highest BCUT2D eigenvalue weighted by Crippen LogP contribution is 1.98. The summed E-state index contributed by atoms with van der Waals surface area (Å²) in [5.41, 5.74) is 1.25. The average Bonchev–Trinajstić information content (AvgIpc) is 2.37. The maximum atomic E-state index is 11.7. The molecule has 0 saturated carbocycles. The molecule has 86 valence electrons. The van der Waals surface area contributed by atoms with Crippen LogP contribution in [0, 0.1) is 5.21 Å². The van der Waals surface area contributed by atoms with Gasteiger partial charge >= 0.3 is 0 Å². The van der Waals surface area contributed by atoms with E-state index in [4.69, 9.17) is 0 Å². The molecule has 17 heavy (non-hydrogen) atoms. The molecule has 0 aliphatic rings. The zero-order valence-corrected chi connectivity index (χ0v) is 9.04. The van der Waals surface area contributed by atoms with E-state index in [-0.39, 0.29) is 5.91 Å². The van der Waals surface area contributed by atoms with E-state index in [2.05, 4.69) is 10.3 Å². The fourth-order valence-electron chi connectivity index (χ4n) is 1.38. The topological polar surface area (TPSA) is 68.9 Å². The number of hydrogen-bond donors (Lipinski definition) is 1. The van der Waals surface area contributed by atoms with Gasteiger partial charge in [-0.05, 0) is 17.7 Å². The Morgan fingerprint density at radius 2 is 2.29 bits per heavy atom. The van der Waals surface area contributed by atoms with E-state index < -0.39 is 0 Å². The largest absolute Gasteiger partial charge is 0.619 e. The van der Waals surface area contributed by atoms with Crippen molar-refractivity contribution in [3.8, 4) is 0 Å². The van der Waals surface area contributed by atoms with Gasteiger partial charge in [0, 0.05) is 25.0 Å². The van der Waals surface area contributed by atoms with Crippen molar-refractivity contribution in [2.75, 3.05) is 0 Å². The van der Waals surface area contributed by atoms with Crippen LogP contribution in [0.15, 0.2) is 49.1 Å². The van der Waals surface area contributed by atoms with Crippen molar-refractivity contribution in [3.63, 3.8) is 0 Å². The number of rotatable bonds is 3. The molecule has 0 fully saturated rings. The van der Waals surface area contributed by atoms with Gasteiger partial charge in [0.1, 0.15) is 5.56 Å². The molecular formula is C12H11N3O2. The first-order chi connectivity index (χ1) is 8.25. The molecule has 2 rings (SSSR count). The Labute approximate surface area is 98.3 Å². The molecule has 0 aliphatic heterocycles. The van der Waals surface area contributed by atoms with E-state index in [0.29, 0.717) is 16.8 Å². The SMILES string of the molecule is O=C(NCc1cccnc1)c1ccc[n+]([O-])c1. The molecule has 2 aromatic rings. The average molecular weight is 229 g/mol. The van der Waals surface area contributed by atoms with E-state index in [9.17, 15) is 10.0 Å². The van der Waals surface area contributed by atoms with Gasteiger partial charge in [-0.1, -0.05) is 6.07 Å². The third-order valence-electron chi connectivity index (χ3n) is 2.21. The molecule has 0 aliphatic carbocycles. The van der Waals surface area contributed by atoms with Crippen LogP contribution < -0.4 is 10.0 Å². The number of nitrogens with zero attached hydrogens (tertiary/aromatic N) is 2. The minimum absolute atomic E-state index is 0.279. The van der Waals surface area contributed by atoms with Crippen molar-refractivity contribution in [3.05, 3.63) is 65.4 Å². The van der Waals surface area contributed by atoms with Crippen molar-refractivity contribution in [2.45, 2.75) is 6.54 Å². The number of hydrogen-bond acceptors (Lipinski definition) is 3. The standard InChI is InChI=1S/C12H11N3O2/c16-12(11-4-2-6-15(17)9-11)14-8-10-3-1-5-13-7-10/h1-7,9H,8H2,(H,14,16). The Bertz CT molecular complexity index is 514. The molecule has 0 unspecified atom stereocenters. The Hall–Kier alpha value is -2.43. The van der Waals surface area contributed by atoms with Crippen LogP contribution in [-0.4, -0.2) is 10.9 Å². The summed E-state index contributed by atoms with van der Waals surface area (Å²) in [6, 6.07) is 6.79. The smallest absolute Gasteiger partial charge is 0.257 e.